The highest BCUT2D eigenvalue weighted by Crippen LogP contribution is 2.43. The van der Waals surface area contributed by atoms with Crippen LogP contribution < -0.4 is 4.90 Å². The molecule has 7 heteroatoms. The molecule has 0 saturated carbocycles. The van der Waals surface area contributed by atoms with Crippen molar-refractivity contribution >= 4 is 45.1 Å². The van der Waals surface area contributed by atoms with E-state index in [1.807, 2.05) is 31.2 Å². The molecular formula is C23H20N4O3. The number of anilines is 1. The number of hydrogen-bond acceptors (Lipinski definition) is 4. The molecule has 1 aliphatic heterocycles. The van der Waals surface area contributed by atoms with Gasteiger partial charge in [-0.05, 0) is 30.7 Å². The summed E-state index contributed by atoms with van der Waals surface area (Å²) in [4.78, 5) is 51.0. The second kappa shape index (κ2) is 6.95. The second-order valence-corrected chi connectivity index (χ2v) is 7.57. The van der Waals surface area contributed by atoms with E-state index in [1.165, 1.54) is 4.90 Å². The maximum absolute atomic E-state index is 13.1. The van der Waals surface area contributed by atoms with Gasteiger partial charge in [0.1, 0.15) is 11.7 Å². The predicted octanol–water partition coefficient (Wildman–Crippen LogP) is 3.69. The standard InChI is InChI=1S/C23H20N4O3/c1-2-5-19(28)20-21(15-11-24-16-7-4-3-6-14(15)16)27(23(30)22(20)29)13-8-9-17-18(10-13)26-12-25-17/h3-4,6-12,20-21,24H,2,5H2,1H3,(H,25,26). The van der Waals surface area contributed by atoms with Crippen LogP contribution in [0.4, 0.5) is 5.69 Å². The molecule has 7 nitrogen and oxygen atoms in total. The fourth-order valence-electron chi connectivity index (χ4n) is 4.40. The summed E-state index contributed by atoms with van der Waals surface area (Å²) >= 11 is 0. The van der Waals surface area contributed by atoms with E-state index in [2.05, 4.69) is 15.0 Å². The number of para-hydroxylation sites is 1. The zero-order valence-electron chi connectivity index (χ0n) is 16.4. The lowest BCUT2D eigenvalue weighted by atomic mass is 9.87. The van der Waals surface area contributed by atoms with E-state index in [-0.39, 0.29) is 12.2 Å². The summed E-state index contributed by atoms with van der Waals surface area (Å²) in [5.74, 6) is -2.52. The summed E-state index contributed by atoms with van der Waals surface area (Å²) < 4.78 is 0. The molecule has 150 valence electrons. The predicted molar refractivity (Wildman–Crippen MR) is 113 cm³/mol. The van der Waals surface area contributed by atoms with E-state index in [9.17, 15) is 14.4 Å². The summed E-state index contributed by atoms with van der Waals surface area (Å²) in [5.41, 5.74) is 3.74. The summed E-state index contributed by atoms with van der Waals surface area (Å²) in [6.45, 7) is 1.89. The quantitative estimate of drug-likeness (QED) is 0.394. The van der Waals surface area contributed by atoms with Gasteiger partial charge >= 0.3 is 0 Å². The lowest BCUT2D eigenvalue weighted by molar-refractivity contribution is -0.139. The van der Waals surface area contributed by atoms with E-state index >= 15 is 0 Å². The molecule has 2 unspecified atom stereocenters. The number of hydrogen-bond donors (Lipinski definition) is 2. The number of fused-ring (bicyclic) bond motifs is 2. The molecule has 5 rings (SSSR count). The summed E-state index contributed by atoms with van der Waals surface area (Å²) in [6, 6.07) is 12.4. The third kappa shape index (κ3) is 2.66. The largest absolute Gasteiger partial charge is 0.361 e. The molecule has 0 spiro atoms. The number of carbonyl (C=O) groups excluding carboxylic acids is 3. The van der Waals surface area contributed by atoms with Crippen molar-refractivity contribution in [2.24, 2.45) is 5.92 Å². The van der Waals surface area contributed by atoms with Gasteiger partial charge in [0, 0.05) is 34.8 Å². The molecule has 0 aliphatic carbocycles. The fourth-order valence-corrected chi connectivity index (χ4v) is 4.40. The Morgan fingerprint density at radius 3 is 2.77 bits per heavy atom. The smallest absolute Gasteiger partial charge is 0.295 e. The minimum absolute atomic E-state index is 0.198. The number of nitrogens with one attached hydrogen (secondary N) is 2. The second-order valence-electron chi connectivity index (χ2n) is 7.57. The molecule has 3 heterocycles. The number of benzene rings is 2. The van der Waals surface area contributed by atoms with Crippen molar-refractivity contribution in [2.75, 3.05) is 4.90 Å². The fraction of sp³-hybridized carbons (Fsp3) is 0.217. The molecule has 2 aromatic heterocycles. The first-order valence-corrected chi connectivity index (χ1v) is 9.99. The van der Waals surface area contributed by atoms with Crippen LogP contribution in [0.25, 0.3) is 21.9 Å². The SMILES string of the molecule is CCCC(=O)C1C(=O)C(=O)N(c2ccc3nc[nH]c3c2)C1c1c[nH]c2ccccc12. The van der Waals surface area contributed by atoms with Gasteiger partial charge in [0.2, 0.25) is 5.78 Å². The number of nitrogens with zero attached hydrogens (tertiary/aromatic N) is 2. The number of rotatable bonds is 5. The minimum atomic E-state index is -1.02. The summed E-state index contributed by atoms with van der Waals surface area (Å²) in [6.07, 6.45) is 4.26. The summed E-state index contributed by atoms with van der Waals surface area (Å²) in [7, 11) is 0. The van der Waals surface area contributed by atoms with Gasteiger partial charge in [-0.15, -0.1) is 0 Å². The van der Waals surface area contributed by atoms with E-state index in [4.69, 9.17) is 0 Å². The molecule has 0 bridgehead atoms. The normalized spacial score (nSPS) is 19.3. The maximum Gasteiger partial charge on any atom is 0.295 e. The van der Waals surface area contributed by atoms with Gasteiger partial charge < -0.3 is 9.97 Å². The van der Waals surface area contributed by atoms with Gasteiger partial charge in [-0.2, -0.15) is 0 Å². The molecule has 1 aliphatic rings. The first-order valence-electron chi connectivity index (χ1n) is 9.99. The Balaban J connectivity index is 1.71. The average Bonchev–Trinajstić information content (AvgIpc) is 3.44. The Labute approximate surface area is 172 Å². The van der Waals surface area contributed by atoms with Crippen LogP contribution >= 0.6 is 0 Å². The van der Waals surface area contributed by atoms with Gasteiger partial charge in [0.15, 0.2) is 0 Å². The van der Waals surface area contributed by atoms with Crippen molar-refractivity contribution in [1.82, 2.24) is 15.0 Å². The zero-order chi connectivity index (χ0) is 20.8. The minimum Gasteiger partial charge on any atom is -0.361 e. The highest BCUT2D eigenvalue weighted by Gasteiger charge is 2.52. The lowest BCUT2D eigenvalue weighted by Crippen LogP contribution is -2.30. The van der Waals surface area contributed by atoms with E-state index in [1.54, 1.807) is 30.7 Å². The number of aromatic amines is 2. The highest BCUT2D eigenvalue weighted by molar-refractivity contribution is 6.48. The maximum atomic E-state index is 13.1. The molecular weight excluding hydrogens is 380 g/mol. The molecule has 0 radical (unpaired) electrons. The van der Waals surface area contributed by atoms with Crippen molar-refractivity contribution in [3.63, 3.8) is 0 Å². The molecule has 1 fully saturated rings. The van der Waals surface area contributed by atoms with Crippen molar-refractivity contribution in [3.8, 4) is 0 Å². The number of Topliss-reactive ketones (excluding diaryl/α,β-unsaturated/α-hetero) is 2. The number of imidazole rings is 1. The van der Waals surface area contributed by atoms with Crippen molar-refractivity contribution < 1.29 is 14.4 Å². The van der Waals surface area contributed by atoms with Crippen LogP contribution in [0.3, 0.4) is 0 Å². The van der Waals surface area contributed by atoms with Crippen LogP contribution in [0.5, 0.6) is 0 Å². The number of carbonyl (C=O) groups is 3. The van der Waals surface area contributed by atoms with Crippen LogP contribution in [0, 0.1) is 5.92 Å². The van der Waals surface area contributed by atoms with Crippen LogP contribution in [-0.2, 0) is 14.4 Å². The molecule has 4 aromatic rings. The van der Waals surface area contributed by atoms with Gasteiger partial charge in [-0.25, -0.2) is 4.98 Å². The Morgan fingerprint density at radius 2 is 1.93 bits per heavy atom. The molecule has 30 heavy (non-hydrogen) atoms. The average molecular weight is 400 g/mol. The monoisotopic (exact) mass is 400 g/mol. The Bertz CT molecular complexity index is 1300. The topological polar surface area (TPSA) is 98.9 Å². The van der Waals surface area contributed by atoms with Gasteiger partial charge in [-0.3, -0.25) is 19.3 Å². The Morgan fingerprint density at radius 1 is 1.10 bits per heavy atom. The third-order valence-electron chi connectivity index (χ3n) is 5.77. The number of aromatic nitrogens is 3. The molecule has 2 aromatic carbocycles. The highest BCUT2D eigenvalue weighted by atomic mass is 16.2. The zero-order valence-corrected chi connectivity index (χ0v) is 16.4. The molecule has 2 atom stereocenters. The van der Waals surface area contributed by atoms with Crippen molar-refractivity contribution in [3.05, 3.63) is 60.6 Å². The Hall–Kier alpha value is -3.74. The number of H-pyrrole nitrogens is 2. The van der Waals surface area contributed by atoms with E-state index in [0.717, 1.165) is 27.5 Å². The van der Waals surface area contributed by atoms with Crippen LogP contribution in [0.2, 0.25) is 0 Å². The van der Waals surface area contributed by atoms with Crippen LogP contribution in [-0.4, -0.2) is 32.4 Å². The summed E-state index contributed by atoms with van der Waals surface area (Å²) in [5, 5.41) is 0.895. The number of amides is 1. The van der Waals surface area contributed by atoms with Crippen molar-refractivity contribution in [2.45, 2.75) is 25.8 Å². The van der Waals surface area contributed by atoms with E-state index < -0.39 is 23.7 Å². The first-order chi connectivity index (χ1) is 14.6. The van der Waals surface area contributed by atoms with Gasteiger partial charge in [-0.1, -0.05) is 25.1 Å². The molecule has 1 amide bonds. The van der Waals surface area contributed by atoms with Crippen LogP contribution in [0.15, 0.2) is 55.0 Å². The van der Waals surface area contributed by atoms with Gasteiger partial charge in [0.25, 0.3) is 5.91 Å². The first kappa shape index (κ1) is 18.3. The van der Waals surface area contributed by atoms with Gasteiger partial charge in [0.05, 0.1) is 23.4 Å². The van der Waals surface area contributed by atoms with E-state index in [0.29, 0.717) is 12.1 Å². The van der Waals surface area contributed by atoms with Crippen molar-refractivity contribution in [1.29, 1.82) is 0 Å². The number of ketones is 2. The third-order valence-corrected chi connectivity index (χ3v) is 5.77. The molecule has 2 N–H and O–H groups in total. The lowest BCUT2D eigenvalue weighted by Gasteiger charge is -2.27. The van der Waals surface area contributed by atoms with Crippen LogP contribution in [0.1, 0.15) is 31.4 Å². The molecule has 1 saturated heterocycles. The Kier molecular flexibility index (Phi) is 4.24.